The average molecular weight is 466 g/mol. The summed E-state index contributed by atoms with van der Waals surface area (Å²) in [6.45, 7) is 7.92. The van der Waals surface area contributed by atoms with E-state index in [1.54, 1.807) is 19.2 Å². The van der Waals surface area contributed by atoms with Crippen molar-refractivity contribution < 1.29 is 13.9 Å². The largest absolute Gasteiger partial charge is 0.377 e. The van der Waals surface area contributed by atoms with Gasteiger partial charge >= 0.3 is 0 Å². The zero-order chi connectivity index (χ0) is 18.0. The number of hydrogen-bond acceptors (Lipinski definition) is 3. The van der Waals surface area contributed by atoms with Gasteiger partial charge in [0.1, 0.15) is 5.82 Å². The first-order chi connectivity index (χ1) is 11.4. The van der Waals surface area contributed by atoms with Crippen molar-refractivity contribution in [3.8, 4) is 0 Å². The number of nitrogens with one attached hydrogen (secondary N) is 3. The summed E-state index contributed by atoms with van der Waals surface area (Å²) in [5.41, 5.74) is -0.304. The molecule has 25 heavy (non-hydrogen) atoms. The van der Waals surface area contributed by atoms with Crippen molar-refractivity contribution in [1.29, 1.82) is 0 Å². The Morgan fingerprint density at radius 1 is 1.20 bits per heavy atom. The highest BCUT2D eigenvalue weighted by Crippen LogP contribution is 2.07. The molecular weight excluding hydrogens is 438 g/mol. The lowest BCUT2D eigenvalue weighted by Crippen LogP contribution is -2.42. The summed E-state index contributed by atoms with van der Waals surface area (Å²) >= 11 is 0. The highest BCUT2D eigenvalue weighted by molar-refractivity contribution is 14.0. The molecule has 0 aliphatic rings. The molecule has 0 aliphatic carbocycles. The third kappa shape index (κ3) is 9.01. The highest BCUT2D eigenvalue weighted by atomic mass is 127. The van der Waals surface area contributed by atoms with Gasteiger partial charge in [-0.1, -0.05) is 12.1 Å². The molecule has 0 saturated heterocycles. The van der Waals surface area contributed by atoms with E-state index in [9.17, 15) is 9.18 Å². The molecule has 0 aliphatic heterocycles. The van der Waals surface area contributed by atoms with E-state index in [2.05, 4.69) is 20.9 Å². The van der Waals surface area contributed by atoms with Crippen molar-refractivity contribution in [2.45, 2.75) is 26.4 Å². The van der Waals surface area contributed by atoms with Crippen LogP contribution in [0.1, 0.15) is 31.1 Å². The quantitative estimate of drug-likeness (QED) is 0.238. The fourth-order valence-corrected chi connectivity index (χ4v) is 1.77. The summed E-state index contributed by atoms with van der Waals surface area (Å²) in [6, 6.07) is 5.90. The minimum atomic E-state index is -0.528. The van der Waals surface area contributed by atoms with Crippen LogP contribution in [0.15, 0.2) is 29.3 Å². The Morgan fingerprint density at radius 3 is 2.44 bits per heavy atom. The van der Waals surface area contributed by atoms with Crippen LogP contribution in [0.4, 0.5) is 4.39 Å². The summed E-state index contributed by atoms with van der Waals surface area (Å²) in [5.74, 6) is -0.320. The molecule has 0 radical (unpaired) electrons. The van der Waals surface area contributed by atoms with Gasteiger partial charge in [-0.2, -0.15) is 0 Å². The Hall–Kier alpha value is -1.42. The molecule has 0 unspecified atom stereocenters. The second kappa shape index (κ2) is 12.0. The Bertz CT molecular complexity index is 567. The van der Waals surface area contributed by atoms with Crippen LogP contribution in [-0.4, -0.2) is 50.8 Å². The van der Waals surface area contributed by atoms with Crippen LogP contribution >= 0.6 is 24.0 Å². The monoisotopic (exact) mass is 466 g/mol. The lowest BCUT2D eigenvalue weighted by Gasteiger charge is -2.21. The molecule has 0 aromatic heterocycles. The number of methoxy groups -OCH3 is 1. The predicted molar refractivity (Wildman–Crippen MR) is 109 cm³/mol. The van der Waals surface area contributed by atoms with Crippen molar-refractivity contribution in [3.63, 3.8) is 0 Å². The van der Waals surface area contributed by atoms with Gasteiger partial charge in [-0.05, 0) is 32.9 Å². The Labute approximate surface area is 166 Å². The first kappa shape index (κ1) is 23.6. The number of rotatable bonds is 8. The first-order valence-electron chi connectivity index (χ1n) is 7.99. The Morgan fingerprint density at radius 2 is 1.84 bits per heavy atom. The van der Waals surface area contributed by atoms with Crippen LogP contribution in [0.2, 0.25) is 0 Å². The minimum absolute atomic E-state index is 0. The SMILES string of the molecule is CCNC(=NCC(C)(C)OC)NCCNC(=O)c1ccccc1F.I. The zero-order valence-corrected chi connectivity index (χ0v) is 17.5. The average Bonchev–Trinajstić information content (AvgIpc) is 2.56. The number of halogens is 2. The highest BCUT2D eigenvalue weighted by Gasteiger charge is 2.15. The Kier molecular flexibility index (Phi) is 11.3. The molecule has 1 aromatic carbocycles. The molecule has 3 N–H and O–H groups in total. The van der Waals surface area contributed by atoms with Gasteiger partial charge in [-0.25, -0.2) is 4.39 Å². The molecule has 6 nitrogen and oxygen atoms in total. The van der Waals surface area contributed by atoms with Crippen LogP contribution in [0.5, 0.6) is 0 Å². The van der Waals surface area contributed by atoms with Gasteiger partial charge in [0.05, 0.1) is 17.7 Å². The van der Waals surface area contributed by atoms with Gasteiger partial charge < -0.3 is 20.7 Å². The molecular formula is C17H28FIN4O2. The second-order valence-corrected chi connectivity index (χ2v) is 5.82. The van der Waals surface area contributed by atoms with Gasteiger partial charge in [0, 0.05) is 26.7 Å². The van der Waals surface area contributed by atoms with Crippen molar-refractivity contribution >= 4 is 35.8 Å². The van der Waals surface area contributed by atoms with E-state index >= 15 is 0 Å². The maximum absolute atomic E-state index is 13.5. The third-order valence-electron chi connectivity index (χ3n) is 3.34. The molecule has 8 heteroatoms. The molecule has 0 atom stereocenters. The molecule has 1 amide bonds. The normalized spacial score (nSPS) is 11.5. The van der Waals surface area contributed by atoms with Crippen LogP contribution in [0, 0.1) is 5.82 Å². The number of benzene rings is 1. The standard InChI is InChI=1S/C17H27FN4O2.HI/c1-5-19-16(22-12-17(2,3)24-4)21-11-10-20-15(23)13-8-6-7-9-14(13)18;/h6-9H,5,10-12H2,1-4H3,(H,20,23)(H2,19,21,22);1H. The van der Waals surface area contributed by atoms with Gasteiger partial charge in [-0.3, -0.25) is 9.79 Å². The number of amides is 1. The third-order valence-corrected chi connectivity index (χ3v) is 3.34. The van der Waals surface area contributed by atoms with Crippen LogP contribution < -0.4 is 16.0 Å². The van der Waals surface area contributed by atoms with Crippen LogP contribution in [0.3, 0.4) is 0 Å². The molecule has 0 spiro atoms. The zero-order valence-electron chi connectivity index (χ0n) is 15.2. The lowest BCUT2D eigenvalue weighted by molar-refractivity contribution is 0.0310. The van der Waals surface area contributed by atoms with E-state index in [1.165, 1.54) is 12.1 Å². The lowest BCUT2D eigenvalue weighted by atomic mass is 10.1. The van der Waals surface area contributed by atoms with Crippen LogP contribution in [-0.2, 0) is 4.74 Å². The summed E-state index contributed by atoms with van der Waals surface area (Å²) in [7, 11) is 1.65. The fourth-order valence-electron chi connectivity index (χ4n) is 1.77. The smallest absolute Gasteiger partial charge is 0.254 e. The molecule has 1 rings (SSSR count). The number of aliphatic imine (C=N–C) groups is 1. The number of guanidine groups is 1. The molecule has 142 valence electrons. The molecule has 1 aromatic rings. The summed E-state index contributed by atoms with van der Waals surface area (Å²) in [5, 5.41) is 8.90. The van der Waals surface area contributed by atoms with E-state index in [0.717, 1.165) is 6.54 Å². The number of carbonyl (C=O) groups is 1. The summed E-state index contributed by atoms with van der Waals surface area (Å²) < 4.78 is 18.8. The predicted octanol–water partition coefficient (Wildman–Crippen LogP) is 2.15. The number of nitrogens with zero attached hydrogens (tertiary/aromatic N) is 1. The number of carbonyl (C=O) groups excluding carboxylic acids is 1. The van der Waals surface area contributed by atoms with Crippen molar-refractivity contribution in [2.24, 2.45) is 4.99 Å². The summed E-state index contributed by atoms with van der Waals surface area (Å²) in [4.78, 5) is 16.3. The molecule has 0 bridgehead atoms. The van der Waals surface area contributed by atoms with Gasteiger partial charge in [-0.15, -0.1) is 24.0 Å². The second-order valence-electron chi connectivity index (χ2n) is 5.82. The van der Waals surface area contributed by atoms with Gasteiger partial charge in [0.2, 0.25) is 0 Å². The van der Waals surface area contributed by atoms with E-state index in [0.29, 0.717) is 25.6 Å². The van der Waals surface area contributed by atoms with E-state index in [1.807, 2.05) is 20.8 Å². The van der Waals surface area contributed by atoms with Crippen molar-refractivity contribution in [3.05, 3.63) is 35.6 Å². The maximum Gasteiger partial charge on any atom is 0.254 e. The van der Waals surface area contributed by atoms with Gasteiger partial charge in [0.15, 0.2) is 5.96 Å². The topological polar surface area (TPSA) is 74.8 Å². The molecule has 0 saturated carbocycles. The summed E-state index contributed by atoms with van der Waals surface area (Å²) in [6.07, 6.45) is 0. The minimum Gasteiger partial charge on any atom is -0.377 e. The van der Waals surface area contributed by atoms with Gasteiger partial charge in [0.25, 0.3) is 5.91 Å². The Balaban J connectivity index is 0.00000576. The van der Waals surface area contributed by atoms with E-state index in [-0.39, 0.29) is 35.1 Å². The fraction of sp³-hybridized carbons (Fsp3) is 0.529. The molecule has 0 heterocycles. The van der Waals surface area contributed by atoms with Crippen molar-refractivity contribution in [2.75, 3.05) is 33.3 Å². The number of hydrogen-bond donors (Lipinski definition) is 3. The van der Waals surface area contributed by atoms with E-state index in [4.69, 9.17) is 4.74 Å². The van der Waals surface area contributed by atoms with Crippen molar-refractivity contribution in [1.82, 2.24) is 16.0 Å². The van der Waals surface area contributed by atoms with Crippen LogP contribution in [0.25, 0.3) is 0 Å². The number of ether oxygens (including phenoxy) is 1. The maximum atomic E-state index is 13.5. The first-order valence-corrected chi connectivity index (χ1v) is 7.99. The van der Waals surface area contributed by atoms with E-state index < -0.39 is 11.7 Å². The molecule has 0 fully saturated rings.